The molecule has 1 atom stereocenters. The van der Waals surface area contributed by atoms with Crippen molar-refractivity contribution >= 4 is 27.6 Å². The largest absolute Gasteiger partial charge is 0.453 e. The van der Waals surface area contributed by atoms with Gasteiger partial charge in [0.15, 0.2) is 21.5 Å². The summed E-state index contributed by atoms with van der Waals surface area (Å²) in [6, 6.07) is 3.23. The number of carbonyl (C=O) groups is 1. The summed E-state index contributed by atoms with van der Waals surface area (Å²) in [5.41, 5.74) is 0. The van der Waals surface area contributed by atoms with E-state index in [2.05, 4.69) is 20.3 Å². The lowest BCUT2D eigenvalue weighted by molar-refractivity contribution is 0.187. The highest BCUT2D eigenvalue weighted by atomic mass is 32.2. The third-order valence-corrected chi connectivity index (χ3v) is 5.10. The highest BCUT2D eigenvalue weighted by Gasteiger charge is 2.32. The van der Waals surface area contributed by atoms with Crippen LogP contribution in [0.25, 0.3) is 0 Å². The van der Waals surface area contributed by atoms with Crippen molar-refractivity contribution < 1.29 is 17.9 Å². The zero-order chi connectivity index (χ0) is 15.5. The van der Waals surface area contributed by atoms with E-state index in [-0.39, 0.29) is 23.4 Å². The van der Waals surface area contributed by atoms with Gasteiger partial charge in [-0.15, -0.1) is 10.2 Å². The number of anilines is 2. The molecule has 2 rings (SSSR count). The number of methoxy groups -OCH3 is 1. The molecule has 1 saturated heterocycles. The molecular formula is C12H18N4O4S. The molecule has 1 amide bonds. The first-order valence-corrected chi connectivity index (χ1v) is 8.43. The van der Waals surface area contributed by atoms with E-state index in [0.29, 0.717) is 18.8 Å². The molecule has 116 valence electrons. The first-order valence-electron chi connectivity index (χ1n) is 6.61. The summed E-state index contributed by atoms with van der Waals surface area (Å²) in [7, 11) is -1.69. The average Bonchev–Trinajstić information content (AvgIpc) is 2.81. The minimum Gasteiger partial charge on any atom is -0.453 e. The van der Waals surface area contributed by atoms with Crippen LogP contribution in [-0.4, -0.2) is 55.9 Å². The molecule has 1 aromatic heterocycles. The van der Waals surface area contributed by atoms with Crippen LogP contribution in [0.5, 0.6) is 0 Å². The highest BCUT2D eigenvalue weighted by Crippen LogP contribution is 2.22. The maximum absolute atomic E-state index is 11.6. The van der Waals surface area contributed by atoms with Crippen LogP contribution in [0.2, 0.25) is 0 Å². The van der Waals surface area contributed by atoms with Crippen molar-refractivity contribution in [2.75, 3.05) is 35.4 Å². The van der Waals surface area contributed by atoms with Crippen molar-refractivity contribution in [3.8, 4) is 0 Å². The molecule has 1 aliphatic heterocycles. The van der Waals surface area contributed by atoms with Crippen molar-refractivity contribution in [2.45, 2.75) is 19.4 Å². The number of carbonyl (C=O) groups excluding carboxylic acids is 1. The Balaban J connectivity index is 2.10. The van der Waals surface area contributed by atoms with Crippen molar-refractivity contribution in [2.24, 2.45) is 0 Å². The summed E-state index contributed by atoms with van der Waals surface area (Å²) in [6.07, 6.45) is -0.0219. The zero-order valence-electron chi connectivity index (χ0n) is 11.9. The van der Waals surface area contributed by atoms with E-state index in [1.54, 1.807) is 12.1 Å². The second kappa shape index (κ2) is 6.25. The fourth-order valence-electron chi connectivity index (χ4n) is 2.33. The predicted molar refractivity (Wildman–Crippen MR) is 78.1 cm³/mol. The molecule has 2 heterocycles. The quantitative estimate of drug-likeness (QED) is 0.871. The first-order chi connectivity index (χ1) is 9.95. The average molecular weight is 314 g/mol. The Labute approximate surface area is 123 Å². The number of hydrogen-bond acceptors (Lipinski definition) is 7. The molecule has 0 saturated carbocycles. The van der Waals surface area contributed by atoms with Gasteiger partial charge >= 0.3 is 6.09 Å². The van der Waals surface area contributed by atoms with Crippen LogP contribution in [0.4, 0.5) is 16.4 Å². The Bertz CT molecular complexity index is 602. The number of aromatic nitrogens is 2. The zero-order valence-corrected chi connectivity index (χ0v) is 12.8. The van der Waals surface area contributed by atoms with Gasteiger partial charge in [0.1, 0.15) is 0 Å². The van der Waals surface area contributed by atoms with Gasteiger partial charge in [-0.2, -0.15) is 0 Å². The molecule has 9 heteroatoms. The normalized spacial score (nSPS) is 20.0. The van der Waals surface area contributed by atoms with Gasteiger partial charge in [0, 0.05) is 12.6 Å². The summed E-state index contributed by atoms with van der Waals surface area (Å²) >= 11 is 0. The molecule has 1 aromatic rings. The lowest BCUT2D eigenvalue weighted by Gasteiger charge is -2.27. The molecule has 0 aromatic carbocycles. The number of rotatable bonds is 4. The first kappa shape index (κ1) is 15.5. The Morgan fingerprint density at radius 1 is 1.48 bits per heavy atom. The van der Waals surface area contributed by atoms with E-state index in [9.17, 15) is 13.2 Å². The maximum atomic E-state index is 11.6. The van der Waals surface area contributed by atoms with Crippen LogP contribution in [0.15, 0.2) is 12.1 Å². The molecule has 0 spiro atoms. The van der Waals surface area contributed by atoms with E-state index in [4.69, 9.17) is 0 Å². The van der Waals surface area contributed by atoms with Crippen molar-refractivity contribution in [3.63, 3.8) is 0 Å². The van der Waals surface area contributed by atoms with Crippen LogP contribution in [0.1, 0.15) is 13.3 Å². The second-order valence-corrected chi connectivity index (χ2v) is 6.96. The monoisotopic (exact) mass is 314 g/mol. The number of nitrogens with one attached hydrogen (secondary N) is 1. The molecule has 8 nitrogen and oxygen atoms in total. The molecule has 1 fully saturated rings. The Kier molecular flexibility index (Phi) is 4.61. The van der Waals surface area contributed by atoms with Gasteiger partial charge < -0.3 is 9.64 Å². The minimum atomic E-state index is -2.95. The second-order valence-electron chi connectivity index (χ2n) is 4.74. The SMILES string of the molecule is CCN(c1ccc(NC(=O)OC)nn1)C1CCS(=O)(=O)C1. The smallest absolute Gasteiger partial charge is 0.412 e. The van der Waals surface area contributed by atoms with E-state index in [1.165, 1.54) is 7.11 Å². The van der Waals surface area contributed by atoms with Gasteiger partial charge in [-0.05, 0) is 25.5 Å². The van der Waals surface area contributed by atoms with Gasteiger partial charge in [-0.25, -0.2) is 13.2 Å². The fourth-order valence-corrected chi connectivity index (χ4v) is 4.06. The summed E-state index contributed by atoms with van der Waals surface area (Å²) in [4.78, 5) is 13.0. The third-order valence-electron chi connectivity index (χ3n) is 3.35. The standard InChI is InChI=1S/C12H18N4O4S/c1-3-16(9-6-7-21(18,19)8-9)11-5-4-10(14-15-11)13-12(17)20-2/h4-5,9H,3,6-8H2,1-2H3,(H,13,14,17). The minimum absolute atomic E-state index is 0.0753. The lowest BCUT2D eigenvalue weighted by Crippen LogP contribution is -2.36. The lowest BCUT2D eigenvalue weighted by atomic mass is 10.2. The maximum Gasteiger partial charge on any atom is 0.412 e. The van der Waals surface area contributed by atoms with E-state index in [1.807, 2.05) is 11.8 Å². The van der Waals surface area contributed by atoms with Crippen LogP contribution in [0.3, 0.4) is 0 Å². The predicted octanol–water partition coefficient (Wildman–Crippen LogP) is 0.668. The van der Waals surface area contributed by atoms with Crippen LogP contribution < -0.4 is 10.2 Å². The van der Waals surface area contributed by atoms with Crippen molar-refractivity contribution in [1.29, 1.82) is 0 Å². The van der Waals surface area contributed by atoms with Crippen molar-refractivity contribution in [3.05, 3.63) is 12.1 Å². The number of hydrogen-bond donors (Lipinski definition) is 1. The number of ether oxygens (including phenoxy) is 1. The summed E-state index contributed by atoms with van der Waals surface area (Å²) in [5, 5.41) is 10.3. The Hall–Kier alpha value is -1.90. The third kappa shape index (κ3) is 3.81. The molecule has 1 aliphatic rings. The van der Waals surface area contributed by atoms with E-state index >= 15 is 0 Å². The molecule has 21 heavy (non-hydrogen) atoms. The van der Waals surface area contributed by atoms with Crippen LogP contribution >= 0.6 is 0 Å². The van der Waals surface area contributed by atoms with Gasteiger partial charge in [0.25, 0.3) is 0 Å². The summed E-state index contributed by atoms with van der Waals surface area (Å²) < 4.78 is 27.6. The van der Waals surface area contributed by atoms with Crippen LogP contribution in [-0.2, 0) is 14.6 Å². The van der Waals surface area contributed by atoms with Crippen LogP contribution in [0, 0.1) is 0 Å². The molecule has 1 unspecified atom stereocenters. The van der Waals surface area contributed by atoms with Gasteiger partial charge in [-0.1, -0.05) is 0 Å². The van der Waals surface area contributed by atoms with Gasteiger partial charge in [-0.3, -0.25) is 5.32 Å². The Morgan fingerprint density at radius 3 is 2.71 bits per heavy atom. The Morgan fingerprint density at radius 2 is 2.24 bits per heavy atom. The summed E-state index contributed by atoms with van der Waals surface area (Å²) in [5.74, 6) is 1.23. The molecule has 0 aliphatic carbocycles. The molecule has 0 radical (unpaired) electrons. The number of sulfone groups is 1. The molecule has 0 bridgehead atoms. The number of amides is 1. The van der Waals surface area contributed by atoms with Crippen molar-refractivity contribution in [1.82, 2.24) is 10.2 Å². The topological polar surface area (TPSA) is 101 Å². The fraction of sp³-hybridized carbons (Fsp3) is 0.583. The van der Waals surface area contributed by atoms with Gasteiger partial charge in [0.2, 0.25) is 0 Å². The molecular weight excluding hydrogens is 296 g/mol. The molecule has 1 N–H and O–H groups in total. The van der Waals surface area contributed by atoms with E-state index in [0.717, 1.165) is 0 Å². The number of nitrogens with zero attached hydrogens (tertiary/aromatic N) is 3. The highest BCUT2D eigenvalue weighted by molar-refractivity contribution is 7.91. The van der Waals surface area contributed by atoms with E-state index < -0.39 is 15.9 Å². The van der Waals surface area contributed by atoms with Gasteiger partial charge in [0.05, 0.1) is 18.6 Å². The summed E-state index contributed by atoms with van der Waals surface area (Å²) in [6.45, 7) is 2.58.